The second-order valence-electron chi connectivity index (χ2n) is 4.30. The molecule has 0 saturated heterocycles. The fourth-order valence-corrected chi connectivity index (χ4v) is 2.05. The van der Waals surface area contributed by atoms with E-state index in [1.165, 1.54) is 0 Å². The van der Waals surface area contributed by atoms with Crippen molar-refractivity contribution in [3.63, 3.8) is 0 Å². The lowest BCUT2D eigenvalue weighted by Crippen LogP contribution is -2.43. The quantitative estimate of drug-likeness (QED) is 0.794. The van der Waals surface area contributed by atoms with Gasteiger partial charge in [0.2, 0.25) is 11.2 Å². The molecule has 1 aromatic rings. The molecule has 2 heterocycles. The van der Waals surface area contributed by atoms with Crippen molar-refractivity contribution in [3.8, 4) is 0 Å². The Morgan fingerprint density at radius 1 is 1.47 bits per heavy atom. The molecule has 2 N–H and O–H groups in total. The maximum Gasteiger partial charge on any atom is 0.247 e. The van der Waals surface area contributed by atoms with E-state index in [9.17, 15) is 4.79 Å². The number of hydrogen-bond donors (Lipinski definition) is 2. The van der Waals surface area contributed by atoms with Crippen molar-refractivity contribution in [2.75, 3.05) is 10.6 Å². The first kappa shape index (κ1) is 12.1. The van der Waals surface area contributed by atoms with Crippen LogP contribution >= 0.6 is 11.6 Å². The van der Waals surface area contributed by atoms with E-state index in [1.54, 1.807) is 6.92 Å². The third kappa shape index (κ3) is 2.20. The van der Waals surface area contributed by atoms with Crippen molar-refractivity contribution in [3.05, 3.63) is 11.0 Å². The maximum absolute atomic E-state index is 11.9. The van der Waals surface area contributed by atoms with Crippen molar-refractivity contribution in [2.45, 2.75) is 33.2 Å². The van der Waals surface area contributed by atoms with Crippen molar-refractivity contribution < 1.29 is 4.79 Å². The van der Waals surface area contributed by atoms with Crippen LogP contribution in [0.3, 0.4) is 0 Å². The summed E-state index contributed by atoms with van der Waals surface area (Å²) in [5.74, 6) is 0.797. The Hall–Kier alpha value is -1.36. The van der Waals surface area contributed by atoms with Crippen LogP contribution in [0.1, 0.15) is 26.0 Å². The number of amides is 1. The minimum absolute atomic E-state index is 0.0409. The number of aryl methyl sites for hydroxylation is 1. The molecule has 6 heteroatoms. The molecule has 0 aliphatic carbocycles. The van der Waals surface area contributed by atoms with E-state index in [0.717, 1.165) is 6.42 Å². The number of hydrogen-bond acceptors (Lipinski definition) is 4. The van der Waals surface area contributed by atoms with Gasteiger partial charge in [-0.3, -0.25) is 4.79 Å². The van der Waals surface area contributed by atoms with Gasteiger partial charge in [0.1, 0.15) is 11.7 Å². The Kier molecular flexibility index (Phi) is 3.19. The molecule has 0 radical (unpaired) electrons. The summed E-state index contributed by atoms with van der Waals surface area (Å²) < 4.78 is 0. The molecular weight excluding hydrogens is 240 g/mol. The first-order chi connectivity index (χ1) is 8.02. The Morgan fingerprint density at radius 2 is 2.18 bits per heavy atom. The second-order valence-corrected chi connectivity index (χ2v) is 4.64. The molecule has 1 amide bonds. The predicted molar refractivity (Wildman–Crippen MR) is 67.3 cm³/mol. The summed E-state index contributed by atoms with van der Waals surface area (Å²) in [6, 6.07) is -0.266. The molecule has 1 aromatic heterocycles. The number of anilines is 2. The molecule has 2 unspecified atom stereocenters. The molecule has 1 aliphatic rings. The zero-order valence-corrected chi connectivity index (χ0v) is 10.8. The molecule has 92 valence electrons. The van der Waals surface area contributed by atoms with Crippen LogP contribution in [0.25, 0.3) is 0 Å². The molecule has 0 saturated carbocycles. The molecule has 2 rings (SSSR count). The van der Waals surface area contributed by atoms with Crippen molar-refractivity contribution in [2.24, 2.45) is 5.92 Å². The van der Waals surface area contributed by atoms with E-state index in [1.807, 2.05) is 13.8 Å². The van der Waals surface area contributed by atoms with E-state index < -0.39 is 0 Å². The minimum atomic E-state index is -0.266. The monoisotopic (exact) mass is 254 g/mol. The summed E-state index contributed by atoms with van der Waals surface area (Å²) in [7, 11) is 0. The van der Waals surface area contributed by atoms with Gasteiger partial charge in [-0.15, -0.1) is 0 Å². The number of nitrogens with zero attached hydrogens (tertiary/aromatic N) is 2. The zero-order valence-electron chi connectivity index (χ0n) is 10.0. The largest absolute Gasteiger partial charge is 0.356 e. The van der Waals surface area contributed by atoms with Crippen LogP contribution in [-0.4, -0.2) is 21.9 Å². The Balaban J connectivity index is 2.37. The topological polar surface area (TPSA) is 66.9 Å². The number of carbonyl (C=O) groups excluding carboxylic acids is 1. The minimum Gasteiger partial charge on any atom is -0.356 e. The third-order valence-electron chi connectivity index (χ3n) is 3.10. The first-order valence-electron chi connectivity index (χ1n) is 5.64. The zero-order chi connectivity index (χ0) is 12.6. The Labute approximate surface area is 105 Å². The standard InChI is InChI=1S/C11H15ClN4O/c1-4-5(2)7-10(17)15-8-6(3)13-11(12)16-9(8)14-7/h5,7H,4H2,1-3H3,(H,15,17)(H,13,14,16). The molecular formula is C11H15ClN4O. The number of fused-ring (bicyclic) bond motifs is 1. The third-order valence-corrected chi connectivity index (χ3v) is 3.27. The smallest absolute Gasteiger partial charge is 0.247 e. The molecule has 2 atom stereocenters. The molecule has 5 nitrogen and oxygen atoms in total. The first-order valence-corrected chi connectivity index (χ1v) is 6.02. The lowest BCUT2D eigenvalue weighted by atomic mass is 9.97. The number of nitrogens with one attached hydrogen (secondary N) is 2. The fourth-order valence-electron chi connectivity index (χ4n) is 1.84. The van der Waals surface area contributed by atoms with Crippen LogP contribution < -0.4 is 10.6 Å². The van der Waals surface area contributed by atoms with Crippen LogP contribution in [-0.2, 0) is 4.79 Å². The van der Waals surface area contributed by atoms with Crippen LogP contribution in [0.2, 0.25) is 5.28 Å². The van der Waals surface area contributed by atoms with E-state index in [4.69, 9.17) is 11.6 Å². The molecule has 0 fully saturated rings. The lowest BCUT2D eigenvalue weighted by molar-refractivity contribution is -0.118. The Bertz CT molecular complexity index is 463. The van der Waals surface area contributed by atoms with Crippen LogP contribution in [0.4, 0.5) is 11.5 Å². The molecule has 0 spiro atoms. The summed E-state index contributed by atoms with van der Waals surface area (Å²) >= 11 is 5.80. The average molecular weight is 255 g/mol. The molecule has 0 aromatic carbocycles. The van der Waals surface area contributed by atoms with Crippen molar-refractivity contribution >= 4 is 29.0 Å². The summed E-state index contributed by atoms with van der Waals surface area (Å²) in [6.07, 6.45) is 0.915. The van der Waals surface area contributed by atoms with Crippen molar-refractivity contribution in [1.82, 2.24) is 9.97 Å². The normalized spacial score (nSPS) is 20.2. The number of carbonyl (C=O) groups is 1. The summed E-state index contributed by atoms with van der Waals surface area (Å²) in [6.45, 7) is 5.86. The van der Waals surface area contributed by atoms with Gasteiger partial charge in [0.05, 0.1) is 5.69 Å². The fraction of sp³-hybridized carbons (Fsp3) is 0.545. The van der Waals surface area contributed by atoms with Gasteiger partial charge in [-0.05, 0) is 24.4 Å². The van der Waals surface area contributed by atoms with Gasteiger partial charge < -0.3 is 10.6 Å². The highest BCUT2D eigenvalue weighted by Gasteiger charge is 2.31. The summed E-state index contributed by atoms with van der Waals surface area (Å²) in [5, 5.41) is 6.15. The van der Waals surface area contributed by atoms with Gasteiger partial charge >= 0.3 is 0 Å². The van der Waals surface area contributed by atoms with Crippen LogP contribution in [0, 0.1) is 12.8 Å². The Morgan fingerprint density at radius 3 is 2.82 bits per heavy atom. The van der Waals surface area contributed by atoms with Crippen LogP contribution in [0.5, 0.6) is 0 Å². The summed E-state index contributed by atoms with van der Waals surface area (Å²) in [5.41, 5.74) is 1.29. The van der Waals surface area contributed by atoms with Gasteiger partial charge in [-0.1, -0.05) is 20.3 Å². The highest BCUT2D eigenvalue weighted by Crippen LogP contribution is 2.30. The number of aromatic nitrogens is 2. The predicted octanol–water partition coefficient (Wildman–Crippen LogP) is 2.22. The van der Waals surface area contributed by atoms with E-state index >= 15 is 0 Å². The highest BCUT2D eigenvalue weighted by molar-refractivity contribution is 6.28. The molecule has 0 bridgehead atoms. The van der Waals surface area contributed by atoms with Gasteiger partial charge in [0.15, 0.2) is 5.82 Å². The highest BCUT2D eigenvalue weighted by atomic mass is 35.5. The van der Waals surface area contributed by atoms with Crippen molar-refractivity contribution in [1.29, 1.82) is 0 Å². The van der Waals surface area contributed by atoms with Crippen LogP contribution in [0.15, 0.2) is 0 Å². The van der Waals surface area contributed by atoms with E-state index in [0.29, 0.717) is 17.2 Å². The van der Waals surface area contributed by atoms with Gasteiger partial charge in [0, 0.05) is 0 Å². The molecule has 17 heavy (non-hydrogen) atoms. The van der Waals surface area contributed by atoms with Gasteiger partial charge in [-0.2, -0.15) is 4.98 Å². The maximum atomic E-state index is 11.9. The van der Waals surface area contributed by atoms with E-state index in [2.05, 4.69) is 20.6 Å². The van der Waals surface area contributed by atoms with E-state index in [-0.39, 0.29) is 23.2 Å². The number of halogens is 1. The van der Waals surface area contributed by atoms with Gasteiger partial charge in [-0.25, -0.2) is 4.98 Å². The van der Waals surface area contributed by atoms with Gasteiger partial charge in [0.25, 0.3) is 0 Å². The number of rotatable bonds is 2. The average Bonchev–Trinajstić information content (AvgIpc) is 2.28. The second kappa shape index (κ2) is 4.49. The molecule has 1 aliphatic heterocycles. The SMILES string of the molecule is CCC(C)C1Nc2nc(Cl)nc(C)c2NC1=O. The lowest BCUT2D eigenvalue weighted by Gasteiger charge is -2.30. The summed E-state index contributed by atoms with van der Waals surface area (Å²) in [4.78, 5) is 20.0.